The molecule has 1 rings (SSSR count). The van der Waals surface area contributed by atoms with Gasteiger partial charge in [-0.1, -0.05) is 0 Å². The van der Waals surface area contributed by atoms with E-state index in [1.807, 2.05) is 0 Å². The van der Waals surface area contributed by atoms with Crippen molar-refractivity contribution < 1.29 is 17.5 Å². The Hall–Kier alpha value is -1.14. The van der Waals surface area contributed by atoms with E-state index in [0.29, 0.717) is 31.0 Å². The van der Waals surface area contributed by atoms with E-state index < -0.39 is 9.84 Å². The zero-order valence-electron chi connectivity index (χ0n) is 10.6. The number of aryl methyl sites for hydroxylation is 1. The van der Waals surface area contributed by atoms with Crippen molar-refractivity contribution in [1.29, 1.82) is 0 Å². The van der Waals surface area contributed by atoms with Gasteiger partial charge in [0.1, 0.15) is 28.0 Å². The lowest BCUT2D eigenvalue weighted by Gasteiger charge is -2.08. The number of ether oxygens (including phenoxy) is 1. The predicted octanol–water partition coefficient (Wildman–Crippen LogP) is 1.15. The highest BCUT2D eigenvalue weighted by molar-refractivity contribution is 7.90. The monoisotopic (exact) mass is 275 g/mol. The minimum absolute atomic E-state index is 0.114. The summed E-state index contributed by atoms with van der Waals surface area (Å²) in [6.45, 7) is 3.04. The average Bonchev–Trinajstić information content (AvgIpc) is 2.26. The molecule has 0 radical (unpaired) electrons. The summed E-state index contributed by atoms with van der Waals surface area (Å²) in [4.78, 5) is 0. The summed E-state index contributed by atoms with van der Waals surface area (Å²) < 4.78 is 40.1. The van der Waals surface area contributed by atoms with Gasteiger partial charge in [0.05, 0.1) is 5.75 Å². The third-order valence-corrected chi connectivity index (χ3v) is 3.27. The average molecular weight is 275 g/mol. The first-order chi connectivity index (χ1) is 8.38. The van der Waals surface area contributed by atoms with Crippen molar-refractivity contribution in [3.05, 3.63) is 29.6 Å². The molecule has 0 aliphatic rings. The standard InChI is InChI=1S/C12H18FNO3S/c1-10-9-11(3-4-12(10)13)17-7-5-14-6-8-18(2,15)16/h3-4,9,14H,5-8H2,1-2H3. The second-order valence-corrected chi connectivity index (χ2v) is 6.40. The number of rotatable bonds is 7. The van der Waals surface area contributed by atoms with Gasteiger partial charge < -0.3 is 10.1 Å². The highest BCUT2D eigenvalue weighted by Gasteiger charge is 2.01. The Morgan fingerprint density at radius 3 is 2.67 bits per heavy atom. The van der Waals surface area contributed by atoms with Crippen molar-refractivity contribution in [2.24, 2.45) is 0 Å². The number of hydrogen-bond donors (Lipinski definition) is 1. The van der Waals surface area contributed by atoms with Gasteiger partial charge >= 0.3 is 0 Å². The van der Waals surface area contributed by atoms with Gasteiger partial charge in [-0.2, -0.15) is 0 Å². The Morgan fingerprint density at radius 1 is 1.33 bits per heavy atom. The normalized spacial score (nSPS) is 11.5. The lowest BCUT2D eigenvalue weighted by molar-refractivity contribution is 0.314. The Labute approximate surface area is 107 Å². The summed E-state index contributed by atoms with van der Waals surface area (Å²) in [5.74, 6) is 0.468. The largest absolute Gasteiger partial charge is 0.492 e. The van der Waals surface area contributed by atoms with Crippen LogP contribution in [0.2, 0.25) is 0 Å². The van der Waals surface area contributed by atoms with Crippen molar-refractivity contribution in [3.63, 3.8) is 0 Å². The molecule has 0 aliphatic carbocycles. The van der Waals surface area contributed by atoms with Crippen LogP contribution in [0.25, 0.3) is 0 Å². The summed E-state index contributed by atoms with van der Waals surface area (Å²) >= 11 is 0. The lowest BCUT2D eigenvalue weighted by Crippen LogP contribution is -2.26. The molecular formula is C12H18FNO3S. The van der Waals surface area contributed by atoms with E-state index in [9.17, 15) is 12.8 Å². The van der Waals surface area contributed by atoms with E-state index in [2.05, 4.69) is 5.32 Å². The van der Waals surface area contributed by atoms with Crippen LogP contribution in [0, 0.1) is 12.7 Å². The molecule has 0 fully saturated rings. The smallest absolute Gasteiger partial charge is 0.148 e. The molecule has 6 heteroatoms. The molecule has 4 nitrogen and oxygen atoms in total. The number of hydrogen-bond acceptors (Lipinski definition) is 4. The van der Waals surface area contributed by atoms with Gasteiger partial charge in [-0.15, -0.1) is 0 Å². The van der Waals surface area contributed by atoms with Crippen LogP contribution < -0.4 is 10.1 Å². The van der Waals surface area contributed by atoms with Crippen molar-refractivity contribution in [2.45, 2.75) is 6.92 Å². The molecule has 0 atom stereocenters. The van der Waals surface area contributed by atoms with E-state index >= 15 is 0 Å². The summed E-state index contributed by atoms with van der Waals surface area (Å²) in [5, 5.41) is 2.96. The van der Waals surface area contributed by atoms with Crippen molar-refractivity contribution in [2.75, 3.05) is 31.7 Å². The van der Waals surface area contributed by atoms with Gasteiger partial charge in [-0.3, -0.25) is 0 Å². The first-order valence-electron chi connectivity index (χ1n) is 5.66. The van der Waals surface area contributed by atoms with Gasteiger partial charge in [0.15, 0.2) is 0 Å². The highest BCUT2D eigenvalue weighted by atomic mass is 32.2. The summed E-state index contributed by atoms with van der Waals surface area (Å²) in [6, 6.07) is 4.56. The first kappa shape index (κ1) is 14.9. The SMILES string of the molecule is Cc1cc(OCCNCCS(C)(=O)=O)ccc1F. The van der Waals surface area contributed by atoms with Crippen molar-refractivity contribution >= 4 is 9.84 Å². The van der Waals surface area contributed by atoms with Gasteiger partial charge in [0.2, 0.25) is 0 Å². The number of sulfone groups is 1. The van der Waals surface area contributed by atoms with Crippen LogP contribution in [-0.2, 0) is 9.84 Å². The molecule has 0 saturated heterocycles. The van der Waals surface area contributed by atoms with Crippen LogP contribution >= 0.6 is 0 Å². The van der Waals surface area contributed by atoms with E-state index in [0.717, 1.165) is 0 Å². The molecule has 0 amide bonds. The third kappa shape index (κ3) is 5.97. The summed E-state index contributed by atoms with van der Waals surface area (Å²) in [6.07, 6.45) is 1.20. The van der Waals surface area contributed by atoms with Crippen LogP contribution in [0.3, 0.4) is 0 Å². The molecule has 1 N–H and O–H groups in total. The maximum atomic E-state index is 13.0. The zero-order valence-corrected chi connectivity index (χ0v) is 11.4. The van der Waals surface area contributed by atoms with E-state index in [1.54, 1.807) is 19.1 Å². The third-order valence-electron chi connectivity index (χ3n) is 2.33. The van der Waals surface area contributed by atoms with Crippen molar-refractivity contribution in [3.8, 4) is 5.75 Å². The Morgan fingerprint density at radius 2 is 2.06 bits per heavy atom. The van der Waals surface area contributed by atoms with Crippen LogP contribution in [0.5, 0.6) is 5.75 Å². The quantitative estimate of drug-likeness (QED) is 0.758. The first-order valence-corrected chi connectivity index (χ1v) is 7.72. The maximum Gasteiger partial charge on any atom is 0.148 e. The number of halogens is 1. The lowest BCUT2D eigenvalue weighted by atomic mass is 10.2. The molecule has 1 aromatic rings. The number of benzene rings is 1. The fourth-order valence-electron chi connectivity index (χ4n) is 1.33. The van der Waals surface area contributed by atoms with Crippen LogP contribution in [0.4, 0.5) is 4.39 Å². The molecule has 0 heterocycles. The Kier molecular flexibility index (Phi) is 5.55. The molecule has 0 aliphatic heterocycles. The molecule has 0 aromatic heterocycles. The maximum absolute atomic E-state index is 13.0. The summed E-state index contributed by atoms with van der Waals surface area (Å²) in [7, 11) is -2.92. The topological polar surface area (TPSA) is 55.4 Å². The van der Waals surface area contributed by atoms with Crippen LogP contribution in [0.1, 0.15) is 5.56 Å². The van der Waals surface area contributed by atoms with Gasteiger partial charge in [-0.05, 0) is 30.7 Å². The fourth-order valence-corrected chi connectivity index (χ4v) is 1.85. The molecule has 0 unspecified atom stereocenters. The van der Waals surface area contributed by atoms with E-state index in [-0.39, 0.29) is 11.6 Å². The zero-order chi connectivity index (χ0) is 13.6. The molecule has 0 bridgehead atoms. The highest BCUT2D eigenvalue weighted by Crippen LogP contribution is 2.15. The van der Waals surface area contributed by atoms with Gasteiger partial charge in [0.25, 0.3) is 0 Å². The second-order valence-electron chi connectivity index (χ2n) is 4.14. The Balaban J connectivity index is 2.20. The molecule has 0 spiro atoms. The van der Waals surface area contributed by atoms with Crippen LogP contribution in [0.15, 0.2) is 18.2 Å². The second kappa shape index (κ2) is 6.70. The number of nitrogens with one attached hydrogen (secondary N) is 1. The van der Waals surface area contributed by atoms with E-state index in [4.69, 9.17) is 4.74 Å². The molecule has 0 saturated carbocycles. The van der Waals surface area contributed by atoms with Crippen LogP contribution in [-0.4, -0.2) is 40.1 Å². The molecular weight excluding hydrogens is 257 g/mol. The molecule has 18 heavy (non-hydrogen) atoms. The molecule has 102 valence electrons. The van der Waals surface area contributed by atoms with Gasteiger partial charge in [0, 0.05) is 19.3 Å². The van der Waals surface area contributed by atoms with E-state index in [1.165, 1.54) is 12.3 Å². The minimum Gasteiger partial charge on any atom is -0.492 e. The fraction of sp³-hybridized carbons (Fsp3) is 0.500. The minimum atomic E-state index is -2.92. The van der Waals surface area contributed by atoms with Crippen molar-refractivity contribution in [1.82, 2.24) is 5.32 Å². The molecule has 1 aromatic carbocycles. The summed E-state index contributed by atoms with van der Waals surface area (Å²) in [5.41, 5.74) is 0.539. The Bertz CT molecular complexity index is 488. The predicted molar refractivity (Wildman–Crippen MR) is 69.2 cm³/mol. The van der Waals surface area contributed by atoms with Gasteiger partial charge in [-0.25, -0.2) is 12.8 Å².